The van der Waals surface area contributed by atoms with Crippen LogP contribution in [0, 0.1) is 5.92 Å². The topological polar surface area (TPSA) is 103 Å². The predicted molar refractivity (Wildman–Crippen MR) is 97.9 cm³/mol. The molecule has 26 heavy (non-hydrogen) atoms. The van der Waals surface area contributed by atoms with Crippen molar-refractivity contribution in [3.63, 3.8) is 0 Å². The molecule has 2 aliphatic rings. The molecule has 8 nitrogen and oxygen atoms in total. The summed E-state index contributed by atoms with van der Waals surface area (Å²) in [4.78, 5) is 33.2. The molecule has 0 saturated carbocycles. The summed E-state index contributed by atoms with van der Waals surface area (Å²) in [5.41, 5.74) is 7.30. The van der Waals surface area contributed by atoms with Crippen molar-refractivity contribution in [2.45, 2.75) is 25.3 Å². The molecule has 3 heterocycles. The summed E-state index contributed by atoms with van der Waals surface area (Å²) in [7, 11) is 0. The molecular weight excluding hydrogens is 334 g/mol. The van der Waals surface area contributed by atoms with Gasteiger partial charge in [0.2, 0.25) is 5.91 Å². The van der Waals surface area contributed by atoms with E-state index in [0.717, 1.165) is 31.6 Å². The zero-order valence-corrected chi connectivity index (χ0v) is 15.0. The Kier molecular flexibility index (Phi) is 5.92. The Labute approximate surface area is 153 Å². The summed E-state index contributed by atoms with van der Waals surface area (Å²) in [6.45, 7) is 3.99. The predicted octanol–water partition coefficient (Wildman–Crippen LogP) is 0.838. The summed E-state index contributed by atoms with van der Waals surface area (Å²) in [6.07, 6.45) is 4.89. The monoisotopic (exact) mass is 361 g/mol. The van der Waals surface area contributed by atoms with Crippen molar-refractivity contribution in [3.05, 3.63) is 24.5 Å². The van der Waals surface area contributed by atoms with E-state index in [9.17, 15) is 9.59 Å². The number of carbonyl (C=O) groups is 2. The van der Waals surface area contributed by atoms with Crippen LogP contribution in [0.15, 0.2) is 24.5 Å². The van der Waals surface area contributed by atoms with Gasteiger partial charge in [0.15, 0.2) is 0 Å². The van der Waals surface area contributed by atoms with Gasteiger partial charge in [-0.2, -0.15) is 0 Å². The van der Waals surface area contributed by atoms with Gasteiger partial charge >= 0.3 is 6.09 Å². The first-order valence-electron chi connectivity index (χ1n) is 9.22. The van der Waals surface area contributed by atoms with Gasteiger partial charge in [-0.25, -0.2) is 4.79 Å². The number of likely N-dealkylation sites (tertiary alicyclic amines) is 1. The van der Waals surface area contributed by atoms with Crippen molar-refractivity contribution in [2.75, 3.05) is 44.2 Å². The number of nitrogens with zero attached hydrogens (tertiary/aromatic N) is 4. The number of piperidine rings is 1. The van der Waals surface area contributed by atoms with Gasteiger partial charge in [0.1, 0.15) is 0 Å². The lowest BCUT2D eigenvalue weighted by molar-refractivity contribution is -0.133. The van der Waals surface area contributed by atoms with E-state index in [1.165, 1.54) is 4.90 Å². The SMILES string of the molecule is N[C@@H](CC1CCN(C(=O)O)CC1)C(=O)N1CCN(c2ccncc2)CC1. The maximum atomic E-state index is 12.7. The number of rotatable bonds is 4. The largest absolute Gasteiger partial charge is 0.465 e. The highest BCUT2D eigenvalue weighted by molar-refractivity contribution is 5.82. The van der Waals surface area contributed by atoms with Crippen molar-refractivity contribution in [1.82, 2.24) is 14.8 Å². The lowest BCUT2D eigenvalue weighted by Gasteiger charge is -2.38. The van der Waals surface area contributed by atoms with E-state index in [0.29, 0.717) is 38.5 Å². The van der Waals surface area contributed by atoms with Crippen LogP contribution in [-0.2, 0) is 4.79 Å². The van der Waals surface area contributed by atoms with E-state index in [1.54, 1.807) is 12.4 Å². The number of pyridine rings is 1. The van der Waals surface area contributed by atoms with E-state index in [4.69, 9.17) is 10.8 Å². The van der Waals surface area contributed by atoms with Crippen LogP contribution in [0.4, 0.5) is 10.5 Å². The van der Waals surface area contributed by atoms with Crippen LogP contribution < -0.4 is 10.6 Å². The van der Waals surface area contributed by atoms with Gasteiger partial charge in [0.25, 0.3) is 0 Å². The normalized spacial score (nSPS) is 20.1. The second-order valence-corrected chi connectivity index (χ2v) is 7.07. The molecule has 0 bridgehead atoms. The number of carbonyl (C=O) groups excluding carboxylic acids is 1. The molecular formula is C18H27N5O3. The van der Waals surface area contributed by atoms with Crippen LogP contribution in [0.25, 0.3) is 0 Å². The molecule has 1 aromatic heterocycles. The number of anilines is 1. The minimum Gasteiger partial charge on any atom is -0.465 e. The quantitative estimate of drug-likeness (QED) is 0.824. The van der Waals surface area contributed by atoms with Gasteiger partial charge < -0.3 is 25.5 Å². The third-order valence-electron chi connectivity index (χ3n) is 5.41. The molecule has 1 aromatic rings. The molecule has 2 fully saturated rings. The average molecular weight is 361 g/mol. The van der Waals surface area contributed by atoms with Gasteiger partial charge in [-0.05, 0) is 37.3 Å². The van der Waals surface area contributed by atoms with Crippen LogP contribution in [0.3, 0.4) is 0 Å². The lowest BCUT2D eigenvalue weighted by atomic mass is 9.90. The summed E-state index contributed by atoms with van der Waals surface area (Å²) in [5.74, 6) is 0.336. The molecule has 3 N–H and O–H groups in total. The van der Waals surface area contributed by atoms with E-state index >= 15 is 0 Å². The molecule has 0 radical (unpaired) electrons. The second kappa shape index (κ2) is 8.35. The number of aromatic nitrogens is 1. The first-order chi connectivity index (χ1) is 12.5. The molecule has 1 atom stereocenters. The molecule has 0 aromatic carbocycles. The molecule has 2 saturated heterocycles. The van der Waals surface area contributed by atoms with E-state index in [1.807, 2.05) is 17.0 Å². The molecule has 8 heteroatoms. The van der Waals surface area contributed by atoms with Crippen LogP contribution in [0.5, 0.6) is 0 Å². The fourth-order valence-corrected chi connectivity index (χ4v) is 3.79. The Morgan fingerprint density at radius 3 is 2.27 bits per heavy atom. The minimum absolute atomic E-state index is 0.0139. The summed E-state index contributed by atoms with van der Waals surface area (Å²) < 4.78 is 0. The minimum atomic E-state index is -0.865. The Hall–Kier alpha value is -2.35. The first-order valence-corrected chi connectivity index (χ1v) is 9.22. The Balaban J connectivity index is 1.44. The molecule has 2 amide bonds. The number of hydrogen-bond donors (Lipinski definition) is 2. The summed E-state index contributed by atoms with van der Waals surface area (Å²) >= 11 is 0. The number of nitrogens with two attached hydrogens (primary N) is 1. The smallest absolute Gasteiger partial charge is 0.407 e. The highest BCUT2D eigenvalue weighted by Crippen LogP contribution is 2.22. The van der Waals surface area contributed by atoms with Crippen LogP contribution in [0.1, 0.15) is 19.3 Å². The third kappa shape index (κ3) is 4.43. The highest BCUT2D eigenvalue weighted by Gasteiger charge is 2.29. The standard InChI is InChI=1S/C18H27N5O3/c19-16(13-14-3-7-23(8-4-14)18(25)26)17(24)22-11-9-21(10-12-22)15-1-5-20-6-2-15/h1-2,5-6,14,16H,3-4,7-13,19H2,(H,25,26)/t16-/m0/s1. The van der Waals surface area contributed by atoms with Crippen molar-refractivity contribution in [3.8, 4) is 0 Å². The van der Waals surface area contributed by atoms with Gasteiger partial charge in [-0.15, -0.1) is 0 Å². The molecule has 2 aliphatic heterocycles. The second-order valence-electron chi connectivity index (χ2n) is 7.07. The van der Waals surface area contributed by atoms with Crippen LogP contribution in [-0.4, -0.2) is 77.2 Å². The molecule has 142 valence electrons. The Bertz CT molecular complexity index is 611. The van der Waals surface area contributed by atoms with Crippen molar-refractivity contribution in [1.29, 1.82) is 0 Å². The van der Waals surface area contributed by atoms with E-state index < -0.39 is 12.1 Å². The lowest BCUT2D eigenvalue weighted by Crippen LogP contribution is -2.53. The van der Waals surface area contributed by atoms with Crippen molar-refractivity contribution < 1.29 is 14.7 Å². The Morgan fingerprint density at radius 2 is 1.69 bits per heavy atom. The Morgan fingerprint density at radius 1 is 1.08 bits per heavy atom. The van der Waals surface area contributed by atoms with Crippen LogP contribution in [0.2, 0.25) is 0 Å². The maximum Gasteiger partial charge on any atom is 0.407 e. The first kappa shape index (κ1) is 18.4. The van der Waals surface area contributed by atoms with E-state index in [-0.39, 0.29) is 5.91 Å². The van der Waals surface area contributed by atoms with Gasteiger partial charge in [0.05, 0.1) is 6.04 Å². The molecule has 0 spiro atoms. The van der Waals surface area contributed by atoms with E-state index in [2.05, 4.69) is 9.88 Å². The molecule has 3 rings (SSSR count). The maximum absolute atomic E-state index is 12.7. The number of piperazine rings is 1. The zero-order valence-electron chi connectivity index (χ0n) is 15.0. The summed E-state index contributed by atoms with van der Waals surface area (Å²) in [6, 6.07) is 3.46. The fraction of sp³-hybridized carbons (Fsp3) is 0.611. The van der Waals surface area contributed by atoms with Gasteiger partial charge in [-0.1, -0.05) is 0 Å². The highest BCUT2D eigenvalue weighted by atomic mass is 16.4. The third-order valence-corrected chi connectivity index (χ3v) is 5.41. The van der Waals surface area contributed by atoms with Gasteiger partial charge in [-0.3, -0.25) is 9.78 Å². The number of hydrogen-bond acceptors (Lipinski definition) is 5. The fourth-order valence-electron chi connectivity index (χ4n) is 3.79. The van der Waals surface area contributed by atoms with Crippen molar-refractivity contribution >= 4 is 17.7 Å². The number of carboxylic acid groups (broad SMARTS) is 1. The zero-order chi connectivity index (χ0) is 18.5. The molecule has 0 aliphatic carbocycles. The van der Waals surface area contributed by atoms with Gasteiger partial charge in [0, 0.05) is 57.3 Å². The van der Waals surface area contributed by atoms with Crippen molar-refractivity contribution in [2.24, 2.45) is 11.7 Å². The number of amides is 2. The van der Waals surface area contributed by atoms with Crippen LogP contribution >= 0.6 is 0 Å². The average Bonchev–Trinajstić information content (AvgIpc) is 2.68. The summed E-state index contributed by atoms with van der Waals surface area (Å²) in [5, 5.41) is 9.00. The molecule has 0 unspecified atom stereocenters.